The molecule has 2 aromatic carbocycles. The maximum absolute atomic E-state index is 12.9. The Hall–Kier alpha value is -3.42. The molecule has 1 amide bonds. The maximum Gasteiger partial charge on any atom is 0.416 e. The molecule has 2 fully saturated rings. The summed E-state index contributed by atoms with van der Waals surface area (Å²) in [4.78, 5) is 24.0. The molecule has 2 aliphatic rings. The Morgan fingerprint density at radius 1 is 1.00 bits per heavy atom. The van der Waals surface area contributed by atoms with Crippen LogP contribution in [0.25, 0.3) is 0 Å². The van der Waals surface area contributed by atoms with Gasteiger partial charge in [0.15, 0.2) is 11.2 Å². The Kier molecular flexibility index (Phi) is 7.62. The number of alkyl halides is 3. The van der Waals surface area contributed by atoms with E-state index in [4.69, 9.17) is 31.2 Å². The molecule has 9 nitrogen and oxygen atoms in total. The van der Waals surface area contributed by atoms with Gasteiger partial charge in [0.1, 0.15) is 12.2 Å². The predicted molar refractivity (Wildman–Crippen MR) is 126 cm³/mol. The van der Waals surface area contributed by atoms with Gasteiger partial charge in [-0.1, -0.05) is 12.1 Å². The van der Waals surface area contributed by atoms with Crippen LogP contribution in [0.15, 0.2) is 48.5 Å². The summed E-state index contributed by atoms with van der Waals surface area (Å²) in [6.45, 7) is 0.263. The molecule has 0 saturated carbocycles. The minimum Gasteiger partial charge on any atom is -0.465 e. The van der Waals surface area contributed by atoms with Crippen molar-refractivity contribution in [3.05, 3.63) is 59.7 Å². The first-order chi connectivity index (χ1) is 17.1. The van der Waals surface area contributed by atoms with Gasteiger partial charge in [-0.3, -0.25) is 5.32 Å². The van der Waals surface area contributed by atoms with E-state index in [1.165, 1.54) is 19.2 Å². The van der Waals surface area contributed by atoms with E-state index in [1.54, 1.807) is 24.3 Å². The topological polar surface area (TPSA) is 107 Å². The lowest BCUT2D eigenvalue weighted by Gasteiger charge is -2.20. The van der Waals surface area contributed by atoms with Gasteiger partial charge >= 0.3 is 18.2 Å². The number of rotatable bonds is 5. The second-order valence-corrected chi connectivity index (χ2v) is 8.43. The molecule has 192 valence electrons. The number of benzene rings is 2. The number of carbonyl (C=O) groups is 2. The normalized spacial score (nSPS) is 22.9. The van der Waals surface area contributed by atoms with Crippen LogP contribution in [0.4, 0.5) is 29.3 Å². The van der Waals surface area contributed by atoms with Crippen molar-refractivity contribution in [3.8, 4) is 0 Å². The van der Waals surface area contributed by atoms with Gasteiger partial charge in [-0.25, -0.2) is 9.59 Å². The number of ether oxygens (including phenoxy) is 4. The number of carbonyl (C=O) groups excluding carboxylic acids is 2. The fourth-order valence-corrected chi connectivity index (χ4v) is 4.19. The SMILES string of the molecule is COC(=O)c1cccc(NC(=S)NC2COC3C(OC(=O)Nc4cccc(C(F)(F)F)c4)COC23)c1. The van der Waals surface area contributed by atoms with Crippen molar-refractivity contribution in [2.45, 2.75) is 30.5 Å². The van der Waals surface area contributed by atoms with E-state index in [1.807, 2.05) is 0 Å². The molecular weight excluding hydrogens is 503 g/mol. The second-order valence-electron chi connectivity index (χ2n) is 8.02. The smallest absolute Gasteiger partial charge is 0.416 e. The largest absolute Gasteiger partial charge is 0.465 e. The monoisotopic (exact) mass is 525 g/mol. The van der Waals surface area contributed by atoms with E-state index in [-0.39, 0.29) is 30.1 Å². The quantitative estimate of drug-likeness (QED) is 0.399. The lowest BCUT2D eigenvalue weighted by molar-refractivity contribution is -0.137. The van der Waals surface area contributed by atoms with Crippen molar-refractivity contribution in [3.63, 3.8) is 0 Å². The Morgan fingerprint density at radius 2 is 1.69 bits per heavy atom. The molecule has 0 bridgehead atoms. The van der Waals surface area contributed by atoms with Gasteiger partial charge in [0.25, 0.3) is 0 Å². The van der Waals surface area contributed by atoms with Crippen LogP contribution in [-0.2, 0) is 25.1 Å². The predicted octanol–water partition coefficient (Wildman–Crippen LogP) is 3.56. The fraction of sp³-hybridized carbons (Fsp3) is 0.348. The van der Waals surface area contributed by atoms with Crippen LogP contribution in [0.3, 0.4) is 0 Å². The van der Waals surface area contributed by atoms with E-state index >= 15 is 0 Å². The van der Waals surface area contributed by atoms with Gasteiger partial charge in [0.2, 0.25) is 0 Å². The summed E-state index contributed by atoms with van der Waals surface area (Å²) in [5.41, 5.74) is -0.00755. The van der Waals surface area contributed by atoms with Crippen LogP contribution in [-0.4, -0.2) is 61.9 Å². The number of hydrogen-bond acceptors (Lipinski definition) is 7. The van der Waals surface area contributed by atoms with Crippen LogP contribution in [0.2, 0.25) is 0 Å². The van der Waals surface area contributed by atoms with E-state index in [0.717, 1.165) is 12.1 Å². The van der Waals surface area contributed by atoms with Crippen LogP contribution >= 0.6 is 12.2 Å². The van der Waals surface area contributed by atoms with Crippen molar-refractivity contribution >= 4 is 40.8 Å². The van der Waals surface area contributed by atoms with Crippen LogP contribution in [0.5, 0.6) is 0 Å². The molecule has 4 atom stereocenters. The average molecular weight is 526 g/mol. The van der Waals surface area contributed by atoms with E-state index in [2.05, 4.69) is 16.0 Å². The van der Waals surface area contributed by atoms with E-state index < -0.39 is 42.1 Å². The van der Waals surface area contributed by atoms with Gasteiger partial charge < -0.3 is 29.6 Å². The highest BCUT2D eigenvalue weighted by atomic mass is 32.1. The third-order valence-corrected chi connectivity index (χ3v) is 5.78. The molecule has 13 heteroatoms. The van der Waals surface area contributed by atoms with Crippen LogP contribution in [0.1, 0.15) is 15.9 Å². The standard InChI is InChI=1S/C23H22F3N3O6S/c1-32-20(30)12-4-2-6-14(8-12)27-21(36)29-16-10-33-19-17(11-34-18(16)19)35-22(31)28-15-7-3-5-13(9-15)23(24,25)26/h2-9,16-19H,10-11H2,1H3,(H,28,31)(H2,27,29,36). The van der Waals surface area contributed by atoms with Crippen molar-refractivity contribution in [2.24, 2.45) is 0 Å². The zero-order valence-electron chi connectivity index (χ0n) is 18.8. The molecular formula is C23H22F3N3O6S. The van der Waals surface area contributed by atoms with Gasteiger partial charge in [0, 0.05) is 11.4 Å². The fourth-order valence-electron chi connectivity index (χ4n) is 3.92. The van der Waals surface area contributed by atoms with Gasteiger partial charge in [0.05, 0.1) is 37.5 Å². The number of thiocarbonyl (C=S) groups is 1. The molecule has 2 saturated heterocycles. The van der Waals surface area contributed by atoms with E-state index in [9.17, 15) is 22.8 Å². The Labute approximate surface area is 209 Å². The highest BCUT2D eigenvalue weighted by molar-refractivity contribution is 7.80. The number of methoxy groups -OCH3 is 1. The molecule has 4 unspecified atom stereocenters. The highest BCUT2D eigenvalue weighted by Gasteiger charge is 2.49. The summed E-state index contributed by atoms with van der Waals surface area (Å²) < 4.78 is 60.2. The van der Waals surface area contributed by atoms with Crippen LogP contribution in [0, 0.1) is 0 Å². The number of anilines is 2. The summed E-state index contributed by atoms with van der Waals surface area (Å²) in [6, 6.07) is 10.5. The Morgan fingerprint density at radius 3 is 2.42 bits per heavy atom. The molecule has 0 aromatic heterocycles. The summed E-state index contributed by atoms with van der Waals surface area (Å²) in [5.74, 6) is -0.480. The minimum atomic E-state index is -4.53. The number of esters is 1. The van der Waals surface area contributed by atoms with Crippen molar-refractivity contribution in [1.82, 2.24) is 5.32 Å². The van der Waals surface area contributed by atoms with Gasteiger partial charge in [-0.2, -0.15) is 13.2 Å². The zero-order chi connectivity index (χ0) is 25.9. The van der Waals surface area contributed by atoms with Crippen molar-refractivity contribution < 1.29 is 41.7 Å². The second kappa shape index (κ2) is 10.7. The number of nitrogens with one attached hydrogen (secondary N) is 3. The number of fused-ring (bicyclic) bond motifs is 1. The molecule has 3 N–H and O–H groups in total. The summed E-state index contributed by atoms with van der Waals surface area (Å²) in [5, 5.41) is 8.63. The number of amides is 1. The third kappa shape index (κ3) is 6.04. The molecule has 36 heavy (non-hydrogen) atoms. The summed E-state index contributed by atoms with van der Waals surface area (Å²) in [7, 11) is 1.29. The van der Waals surface area contributed by atoms with Gasteiger partial charge in [-0.05, 0) is 48.6 Å². The molecule has 2 heterocycles. The average Bonchev–Trinajstić information content (AvgIpc) is 3.41. The minimum absolute atomic E-state index is 0.0465. The highest BCUT2D eigenvalue weighted by Crippen LogP contribution is 2.31. The molecule has 0 spiro atoms. The maximum atomic E-state index is 12.9. The first-order valence-corrected chi connectivity index (χ1v) is 11.2. The first-order valence-electron chi connectivity index (χ1n) is 10.8. The van der Waals surface area contributed by atoms with E-state index in [0.29, 0.717) is 11.3 Å². The van der Waals surface area contributed by atoms with Gasteiger partial charge in [-0.15, -0.1) is 0 Å². The molecule has 0 aliphatic carbocycles. The molecule has 2 aliphatic heterocycles. The van der Waals surface area contributed by atoms with Crippen molar-refractivity contribution in [1.29, 1.82) is 0 Å². The molecule has 2 aromatic rings. The Bertz CT molecular complexity index is 1150. The number of hydrogen-bond donors (Lipinski definition) is 3. The van der Waals surface area contributed by atoms with Crippen molar-refractivity contribution in [2.75, 3.05) is 31.0 Å². The zero-order valence-corrected chi connectivity index (χ0v) is 19.7. The van der Waals surface area contributed by atoms with Crippen LogP contribution < -0.4 is 16.0 Å². The summed E-state index contributed by atoms with van der Waals surface area (Å²) in [6.07, 6.45) is -7.28. The lowest BCUT2D eigenvalue weighted by Crippen LogP contribution is -2.46. The number of halogens is 3. The molecule has 0 radical (unpaired) electrons. The Balaban J connectivity index is 1.29. The summed E-state index contributed by atoms with van der Waals surface area (Å²) >= 11 is 5.35. The third-order valence-electron chi connectivity index (χ3n) is 5.56. The first kappa shape index (κ1) is 25.7. The molecule has 4 rings (SSSR count). The lowest BCUT2D eigenvalue weighted by atomic mass is 10.1.